The normalized spacial score (nSPS) is 12.1. The molecule has 7 heteroatoms. The van der Waals surface area contributed by atoms with E-state index in [0.717, 1.165) is 35.1 Å². The van der Waals surface area contributed by atoms with Crippen LogP contribution >= 0.6 is 27.8 Å². The first-order chi connectivity index (χ1) is 16.4. The maximum Gasteiger partial charge on any atom is 0.198 e. The largest absolute Gasteiger partial charge is 0.492 e. The summed E-state index contributed by atoms with van der Waals surface area (Å²) in [4.78, 5) is 2.08. The fourth-order valence-corrected chi connectivity index (χ4v) is 5.60. The molecule has 3 rings (SSSR count). The van der Waals surface area contributed by atoms with Crippen LogP contribution in [0.5, 0.6) is 5.75 Å². The summed E-state index contributed by atoms with van der Waals surface area (Å²) in [6, 6.07) is 29.4. The van der Waals surface area contributed by atoms with Gasteiger partial charge in [-0.05, 0) is 64.2 Å². The lowest BCUT2D eigenvalue weighted by Gasteiger charge is -2.18. The Balaban J connectivity index is 0.00000432. The smallest absolute Gasteiger partial charge is 0.198 e. The summed E-state index contributed by atoms with van der Waals surface area (Å²) in [7, 11) is -0.0293. The van der Waals surface area contributed by atoms with Crippen LogP contribution in [-0.4, -0.2) is 52.1 Å². The van der Waals surface area contributed by atoms with Crippen LogP contribution in [0.3, 0.4) is 0 Å². The van der Waals surface area contributed by atoms with Crippen molar-refractivity contribution in [3.63, 3.8) is 0 Å². The van der Waals surface area contributed by atoms with E-state index in [4.69, 9.17) is 4.74 Å². The molecule has 0 heterocycles. The van der Waals surface area contributed by atoms with E-state index in [0.29, 0.717) is 18.9 Å². The Hall–Kier alpha value is -2.06. The molecule has 0 spiro atoms. The minimum absolute atomic E-state index is 0. The van der Waals surface area contributed by atoms with Gasteiger partial charge < -0.3 is 9.64 Å². The highest BCUT2D eigenvalue weighted by Gasteiger charge is 2.13. The molecule has 0 aliphatic heterocycles. The number of benzene rings is 3. The minimum Gasteiger partial charge on any atom is -0.492 e. The number of rotatable bonds is 12. The molecule has 0 N–H and O–H groups in total. The Morgan fingerprint density at radius 1 is 0.829 bits per heavy atom. The van der Waals surface area contributed by atoms with Gasteiger partial charge in [0, 0.05) is 25.1 Å². The van der Waals surface area contributed by atoms with Crippen LogP contribution in [0.4, 0.5) is 0 Å². The van der Waals surface area contributed by atoms with Gasteiger partial charge in [0.25, 0.3) is 0 Å². The van der Waals surface area contributed by atoms with Crippen molar-refractivity contribution in [1.82, 2.24) is 4.90 Å². The molecule has 0 saturated heterocycles. The summed E-state index contributed by atoms with van der Waals surface area (Å²) in [5, 5.41) is 0. The second kappa shape index (κ2) is 14.5. The fraction of sp³-hybridized carbons (Fsp3) is 0.286. The number of ether oxygens (including phenoxy) is 1. The molecule has 0 bridgehead atoms. The Bertz CT molecular complexity index is 1170. The highest BCUT2D eigenvalue weighted by molar-refractivity contribution is 8.93. The van der Waals surface area contributed by atoms with Gasteiger partial charge in [-0.15, -0.1) is 17.0 Å². The predicted molar refractivity (Wildman–Crippen MR) is 156 cm³/mol. The summed E-state index contributed by atoms with van der Waals surface area (Å²) in [5.41, 5.74) is 6.15. The molecular weight excluding hydrogens is 542 g/mol. The van der Waals surface area contributed by atoms with Crippen molar-refractivity contribution < 1.29 is 13.2 Å². The van der Waals surface area contributed by atoms with Gasteiger partial charge in [-0.25, -0.2) is 8.42 Å². The maximum atomic E-state index is 11.2. The second-order valence-electron chi connectivity index (χ2n) is 8.14. The van der Waals surface area contributed by atoms with Gasteiger partial charge in [-0.1, -0.05) is 79.7 Å². The average Bonchev–Trinajstić information content (AvgIpc) is 2.83. The van der Waals surface area contributed by atoms with Gasteiger partial charge in [0.2, 0.25) is 0 Å². The lowest BCUT2D eigenvalue weighted by atomic mass is 9.88. The van der Waals surface area contributed by atoms with Crippen LogP contribution in [0.2, 0.25) is 0 Å². The zero-order valence-electron chi connectivity index (χ0n) is 20.5. The number of likely N-dealkylation sites (N-methyl/N-ethyl adjacent to an activating group) is 1. The Morgan fingerprint density at radius 3 is 1.91 bits per heavy atom. The lowest BCUT2D eigenvalue weighted by molar-refractivity contribution is 0.245. The predicted octanol–water partition coefficient (Wildman–Crippen LogP) is 6.64. The molecule has 0 fully saturated rings. The van der Waals surface area contributed by atoms with Crippen LogP contribution in [0.15, 0.2) is 84.9 Å². The van der Waals surface area contributed by atoms with Crippen molar-refractivity contribution in [2.24, 2.45) is 0 Å². The SMILES string of the molecule is Br.CC/C(=C(\c1ccccc1)c1ccc(OCCN(C)CCSS(C)(=O)=O)cc1)c1ccccc1. The molecule has 0 aliphatic carbocycles. The first-order valence-corrected chi connectivity index (χ1v) is 14.9. The summed E-state index contributed by atoms with van der Waals surface area (Å²) in [6.07, 6.45) is 2.17. The third kappa shape index (κ3) is 9.49. The first kappa shape index (κ1) is 29.2. The standard InChI is InChI=1S/C28H33NO3S2.BrH/c1-4-27(23-11-7-5-8-12-23)28(24-13-9-6-10-14-24)25-15-17-26(18-16-25)32-21-19-29(2)20-22-33-34(3,30)31;/h5-18H,4,19-22H2,1-3H3;1H/b28-27-;. The zero-order valence-corrected chi connectivity index (χ0v) is 23.9. The van der Waals surface area contributed by atoms with Crippen LogP contribution in [0.25, 0.3) is 11.1 Å². The number of hydrogen-bond acceptors (Lipinski definition) is 5. The summed E-state index contributed by atoms with van der Waals surface area (Å²) in [6.45, 7) is 4.18. The zero-order chi connectivity index (χ0) is 24.4. The van der Waals surface area contributed by atoms with Crippen molar-refractivity contribution in [2.75, 3.05) is 38.8 Å². The molecular formula is C28H34BrNO3S2. The van der Waals surface area contributed by atoms with Crippen molar-refractivity contribution in [1.29, 1.82) is 0 Å². The molecule has 0 amide bonds. The van der Waals surface area contributed by atoms with Gasteiger partial charge in [-0.2, -0.15) is 0 Å². The van der Waals surface area contributed by atoms with E-state index in [9.17, 15) is 8.42 Å². The van der Waals surface area contributed by atoms with Gasteiger partial charge in [0.15, 0.2) is 8.87 Å². The average molecular weight is 577 g/mol. The van der Waals surface area contributed by atoms with Crippen molar-refractivity contribution >= 4 is 47.8 Å². The quantitative estimate of drug-likeness (QED) is 0.179. The Kier molecular flexibility index (Phi) is 12.1. The summed E-state index contributed by atoms with van der Waals surface area (Å²) < 4.78 is 28.4. The van der Waals surface area contributed by atoms with Gasteiger partial charge >= 0.3 is 0 Å². The lowest BCUT2D eigenvalue weighted by Crippen LogP contribution is -2.26. The highest BCUT2D eigenvalue weighted by Crippen LogP contribution is 2.34. The van der Waals surface area contributed by atoms with E-state index >= 15 is 0 Å². The van der Waals surface area contributed by atoms with Crippen LogP contribution in [0.1, 0.15) is 30.0 Å². The molecule has 3 aromatic carbocycles. The topological polar surface area (TPSA) is 46.6 Å². The molecule has 0 radical (unpaired) electrons. The Labute approximate surface area is 224 Å². The number of halogens is 1. The third-order valence-corrected chi connectivity index (χ3v) is 8.06. The van der Waals surface area contributed by atoms with E-state index in [2.05, 4.69) is 72.5 Å². The van der Waals surface area contributed by atoms with Crippen molar-refractivity contribution in [2.45, 2.75) is 13.3 Å². The first-order valence-electron chi connectivity index (χ1n) is 11.5. The molecule has 188 valence electrons. The summed E-state index contributed by atoms with van der Waals surface area (Å²) >= 11 is 0. The summed E-state index contributed by atoms with van der Waals surface area (Å²) in [5.74, 6) is 1.38. The molecule has 0 aliphatic rings. The molecule has 4 nitrogen and oxygen atoms in total. The van der Waals surface area contributed by atoms with E-state index in [-0.39, 0.29) is 17.0 Å². The van der Waals surface area contributed by atoms with E-state index < -0.39 is 8.87 Å². The third-order valence-electron chi connectivity index (χ3n) is 5.50. The van der Waals surface area contributed by atoms with Crippen molar-refractivity contribution in [3.05, 3.63) is 102 Å². The van der Waals surface area contributed by atoms with Crippen molar-refractivity contribution in [3.8, 4) is 5.75 Å². The molecule has 35 heavy (non-hydrogen) atoms. The van der Waals surface area contributed by atoms with E-state index in [1.165, 1.54) is 28.5 Å². The molecule has 0 saturated carbocycles. The number of allylic oxidation sites excluding steroid dienone is 1. The fourth-order valence-electron chi connectivity index (χ4n) is 3.78. The van der Waals surface area contributed by atoms with Crippen LogP contribution in [-0.2, 0) is 8.87 Å². The Morgan fingerprint density at radius 2 is 1.37 bits per heavy atom. The molecule has 3 aromatic rings. The van der Waals surface area contributed by atoms with Gasteiger partial charge in [0.1, 0.15) is 12.4 Å². The number of nitrogens with zero attached hydrogens (tertiary/aromatic N) is 1. The molecule has 0 atom stereocenters. The van der Waals surface area contributed by atoms with Gasteiger partial charge in [0.05, 0.1) is 0 Å². The second-order valence-corrected chi connectivity index (χ2v) is 12.7. The number of hydrogen-bond donors (Lipinski definition) is 0. The van der Waals surface area contributed by atoms with Gasteiger partial charge in [-0.3, -0.25) is 0 Å². The van der Waals surface area contributed by atoms with E-state index in [1.807, 2.05) is 31.3 Å². The van der Waals surface area contributed by atoms with Crippen LogP contribution < -0.4 is 4.74 Å². The highest BCUT2D eigenvalue weighted by atomic mass is 79.9. The molecule has 0 unspecified atom stereocenters. The maximum absolute atomic E-state index is 11.2. The van der Waals surface area contributed by atoms with Crippen LogP contribution in [0, 0.1) is 0 Å². The minimum atomic E-state index is -2.99. The van der Waals surface area contributed by atoms with E-state index in [1.54, 1.807) is 0 Å². The molecule has 0 aromatic heterocycles. The monoisotopic (exact) mass is 575 g/mol.